The third kappa shape index (κ3) is 17.7. The molecule has 0 unspecified atom stereocenters. The molecule has 0 spiro atoms. The van der Waals surface area contributed by atoms with Crippen LogP contribution in [0.4, 0.5) is 13.6 Å². The first-order valence-electron chi connectivity index (χ1n) is 20.7. The van der Waals surface area contributed by atoms with Crippen LogP contribution >= 0.6 is 10.6 Å². The third-order valence-electron chi connectivity index (χ3n) is 10.1. The number of carbonyl (C=O) groups is 5. The molecule has 9 N–H and O–H groups in total. The van der Waals surface area contributed by atoms with Crippen molar-refractivity contribution in [1.82, 2.24) is 25.4 Å². The maximum Gasteiger partial charge on any atom is 0.407 e. The van der Waals surface area contributed by atoms with E-state index in [9.17, 15) is 42.6 Å². The maximum atomic E-state index is 15.2. The Morgan fingerprint density at radius 3 is 2.22 bits per heavy atom. The number of carbonyl (C=O) groups excluding carboxylic acids is 4. The number of rotatable bonds is 25. The lowest BCUT2D eigenvalue weighted by Gasteiger charge is -2.41. The Labute approximate surface area is 370 Å². The molecule has 4 amide bonds. The van der Waals surface area contributed by atoms with Crippen molar-refractivity contribution in [3.05, 3.63) is 83.7 Å². The molecule has 0 radical (unpaired) electrons. The molecule has 350 valence electrons. The van der Waals surface area contributed by atoms with E-state index in [0.717, 1.165) is 23.8 Å². The van der Waals surface area contributed by atoms with Gasteiger partial charge in [-0.3, -0.25) is 28.3 Å². The van der Waals surface area contributed by atoms with Gasteiger partial charge in [0, 0.05) is 69.4 Å². The first kappa shape index (κ1) is 52.5. The average molecular weight is 923 g/mol. The van der Waals surface area contributed by atoms with Crippen molar-refractivity contribution in [2.75, 3.05) is 44.4 Å². The minimum absolute atomic E-state index is 0.00259. The number of ether oxygens (including phenoxy) is 1. The number of aliphatic hydroxyl groups excluding tert-OH is 1. The van der Waals surface area contributed by atoms with Crippen molar-refractivity contribution in [3.8, 4) is 11.1 Å². The normalized spacial score (nSPS) is 13.7. The molecule has 0 fully saturated rings. The molecule has 3 rings (SSSR count). The molecule has 63 heavy (non-hydrogen) atoms. The van der Waals surface area contributed by atoms with Crippen molar-refractivity contribution in [1.29, 1.82) is 0 Å². The number of aromatic nitrogens is 1. The van der Waals surface area contributed by atoms with Gasteiger partial charge in [-0.15, -0.1) is 0 Å². The van der Waals surface area contributed by atoms with E-state index in [2.05, 4.69) is 35.6 Å². The highest BCUT2D eigenvalue weighted by atomic mass is 32.3. The second-order valence-corrected chi connectivity index (χ2v) is 25.7. The summed E-state index contributed by atoms with van der Waals surface area (Å²) in [6.07, 6.45) is 0.172. The first-order chi connectivity index (χ1) is 29.4. The fraction of sp³-hybridized carbons (Fsp3) is 0.512. The highest BCUT2D eigenvalue weighted by Gasteiger charge is 2.38. The Bertz CT molecular complexity index is 2010. The minimum atomic E-state index is -3.33. The average Bonchev–Trinajstić information content (AvgIpc) is 3.58. The topological polar surface area (TPSA) is 246 Å². The van der Waals surface area contributed by atoms with Crippen LogP contribution in [0.25, 0.3) is 11.1 Å². The molecule has 16 nitrogen and oxygen atoms in total. The Kier molecular flexibility index (Phi) is 19.8. The standard InChI is InChI=1S/C43H64F2N6O10SSi/c1-43(2,3)39(36-24-30(32-25-31(44)12-13-33(32)45)27-50(36)26-29-10-8-7-9-11-29)51(37(53)28-52)19-16-35(49-42(58)61-20-23-63(4,5)6)41(57)48-18-22-62(59,60)21-17-47-34(40(46)56)14-15-38(54)55/h7-13,24-25,27,34-35,39,47,52,59-60H,14-23,26,28H2,1-6H3,(H2,46,56)(H,48,57)(H,49,58)(H,54,55)/t34-,35+,39+/m1/s1. The Morgan fingerprint density at radius 2 is 1.62 bits per heavy atom. The maximum absolute atomic E-state index is 15.2. The van der Waals surface area contributed by atoms with E-state index in [4.69, 9.17) is 15.6 Å². The van der Waals surface area contributed by atoms with Crippen LogP contribution in [0.3, 0.4) is 0 Å². The van der Waals surface area contributed by atoms with Crippen molar-refractivity contribution in [2.24, 2.45) is 11.1 Å². The van der Waals surface area contributed by atoms with Gasteiger partial charge in [0.25, 0.3) is 0 Å². The fourth-order valence-corrected chi connectivity index (χ4v) is 8.64. The van der Waals surface area contributed by atoms with Crippen LogP contribution in [0.15, 0.2) is 60.8 Å². The van der Waals surface area contributed by atoms with Crippen molar-refractivity contribution >= 4 is 48.4 Å². The van der Waals surface area contributed by atoms with Gasteiger partial charge in [0.05, 0.1) is 24.4 Å². The molecule has 0 saturated heterocycles. The number of aliphatic hydroxyl groups is 1. The predicted octanol–water partition coefficient (Wildman–Crippen LogP) is 5.39. The quantitative estimate of drug-likeness (QED) is 0.0501. The highest BCUT2D eigenvalue weighted by molar-refractivity contribution is 8.24. The Hall–Kier alpha value is -4.86. The molecule has 2 aromatic carbocycles. The number of hydrogen-bond acceptors (Lipinski definition) is 10. The zero-order valence-corrected chi connectivity index (χ0v) is 38.7. The van der Waals surface area contributed by atoms with Crippen molar-refractivity contribution in [3.63, 3.8) is 0 Å². The molecular formula is C43H64F2N6O10SSi. The lowest BCUT2D eigenvalue weighted by atomic mass is 9.82. The molecule has 1 heterocycles. The molecular weight excluding hydrogens is 859 g/mol. The molecule has 0 aliphatic rings. The van der Waals surface area contributed by atoms with Crippen molar-refractivity contribution < 1.29 is 56.8 Å². The van der Waals surface area contributed by atoms with Gasteiger partial charge in [0.2, 0.25) is 17.7 Å². The van der Waals surface area contributed by atoms with E-state index in [1.54, 1.807) is 12.3 Å². The van der Waals surface area contributed by atoms with Crippen LogP contribution in [0.5, 0.6) is 0 Å². The largest absolute Gasteiger partial charge is 0.481 e. The smallest absolute Gasteiger partial charge is 0.407 e. The number of nitrogens with one attached hydrogen (secondary N) is 3. The van der Waals surface area contributed by atoms with E-state index < -0.39 is 90.2 Å². The summed E-state index contributed by atoms with van der Waals surface area (Å²) in [4.78, 5) is 64.8. The molecule has 0 saturated carbocycles. The molecule has 0 bridgehead atoms. The third-order valence-corrected chi connectivity index (χ3v) is 13.5. The summed E-state index contributed by atoms with van der Waals surface area (Å²) in [6, 6.07) is 11.7. The summed E-state index contributed by atoms with van der Waals surface area (Å²) in [5.74, 6) is -5.20. The van der Waals surface area contributed by atoms with Gasteiger partial charge in [-0.25, -0.2) is 13.6 Å². The van der Waals surface area contributed by atoms with Crippen molar-refractivity contribution in [2.45, 2.75) is 90.4 Å². The van der Waals surface area contributed by atoms with E-state index in [0.29, 0.717) is 17.3 Å². The number of halogens is 2. The van der Waals surface area contributed by atoms with Crippen LogP contribution in [-0.2, 0) is 30.5 Å². The number of benzene rings is 2. The fourth-order valence-electron chi connectivity index (χ4n) is 6.84. The second kappa shape index (κ2) is 23.7. The zero-order valence-electron chi connectivity index (χ0n) is 36.9. The van der Waals surface area contributed by atoms with Crippen LogP contribution in [0, 0.1) is 17.0 Å². The van der Waals surface area contributed by atoms with E-state index in [1.165, 1.54) is 4.90 Å². The number of hydrogen-bond donors (Lipinski definition) is 8. The monoisotopic (exact) mass is 922 g/mol. The summed E-state index contributed by atoms with van der Waals surface area (Å²) in [5.41, 5.74) is 6.32. The number of alkyl carbamates (subject to hydrolysis) is 1. The van der Waals surface area contributed by atoms with Crippen LogP contribution in [-0.4, -0.2) is 123 Å². The number of primary amides is 1. The number of nitrogens with two attached hydrogens (primary N) is 1. The highest BCUT2D eigenvalue weighted by Crippen LogP contribution is 2.41. The van der Waals surface area contributed by atoms with Gasteiger partial charge in [-0.05, 0) is 54.1 Å². The van der Waals surface area contributed by atoms with E-state index >= 15 is 4.39 Å². The summed E-state index contributed by atoms with van der Waals surface area (Å²) in [6.45, 7) is 10.9. The molecule has 3 atom stereocenters. The SMILES string of the molecule is CC(C)(C)[C@H](c1cc(-c2cc(F)ccc2F)cn1Cc1ccccc1)N(CC[C@H](NC(=O)OCC[Si](C)(C)C)C(=O)NCCS(O)(O)CCN[C@H](CCC(=O)O)C(N)=O)C(=O)CO. The Balaban J connectivity index is 1.93. The number of amides is 4. The lowest BCUT2D eigenvalue weighted by molar-refractivity contribution is -0.140. The zero-order chi connectivity index (χ0) is 47.1. The van der Waals surface area contributed by atoms with Gasteiger partial charge in [-0.1, -0.05) is 70.7 Å². The van der Waals surface area contributed by atoms with Gasteiger partial charge < -0.3 is 46.1 Å². The number of aliphatic carboxylic acids is 1. The van der Waals surface area contributed by atoms with Gasteiger partial charge in [0.15, 0.2) is 0 Å². The number of carboxylic acids is 1. The minimum Gasteiger partial charge on any atom is -0.481 e. The van der Waals surface area contributed by atoms with Crippen LogP contribution in [0.2, 0.25) is 25.7 Å². The number of carboxylic acid groups (broad SMARTS) is 1. The molecule has 3 aromatic rings. The Morgan fingerprint density at radius 1 is 0.952 bits per heavy atom. The van der Waals surface area contributed by atoms with Crippen LogP contribution < -0.4 is 21.7 Å². The van der Waals surface area contributed by atoms with Crippen LogP contribution in [0.1, 0.15) is 57.3 Å². The predicted molar refractivity (Wildman–Crippen MR) is 241 cm³/mol. The molecule has 20 heteroatoms. The van der Waals surface area contributed by atoms with Gasteiger partial charge >= 0.3 is 12.1 Å². The van der Waals surface area contributed by atoms with E-state index in [1.807, 2.05) is 55.7 Å². The molecule has 1 aromatic heterocycles. The summed E-state index contributed by atoms with van der Waals surface area (Å²) in [7, 11) is -4.94. The van der Waals surface area contributed by atoms with E-state index in [-0.39, 0.29) is 69.1 Å². The molecule has 0 aliphatic carbocycles. The molecule has 0 aliphatic heterocycles. The summed E-state index contributed by atoms with van der Waals surface area (Å²) >= 11 is 0. The van der Waals surface area contributed by atoms with Gasteiger partial charge in [-0.2, -0.15) is 10.6 Å². The summed E-state index contributed by atoms with van der Waals surface area (Å²) in [5, 5.41) is 27.2. The second-order valence-electron chi connectivity index (χ2n) is 17.7. The summed E-state index contributed by atoms with van der Waals surface area (Å²) < 4.78 is 58.4. The van der Waals surface area contributed by atoms with Gasteiger partial charge in [0.1, 0.15) is 24.3 Å². The first-order valence-corrected chi connectivity index (χ1v) is 26.3. The number of nitrogens with zero attached hydrogens (tertiary/aromatic N) is 2. The lowest BCUT2D eigenvalue weighted by Crippen LogP contribution is -2.51.